The van der Waals surface area contributed by atoms with E-state index >= 15 is 0 Å². The number of benzene rings is 1. The molecule has 0 bridgehead atoms. The van der Waals surface area contributed by atoms with Crippen LogP contribution in [0.25, 0.3) is 0 Å². The first kappa shape index (κ1) is 15.5. The molecular formula is C16H24N2O. The molecule has 1 N–H and O–H groups in total. The van der Waals surface area contributed by atoms with Crippen molar-refractivity contribution in [1.82, 2.24) is 5.32 Å². The third-order valence-electron chi connectivity index (χ3n) is 3.18. The van der Waals surface area contributed by atoms with Gasteiger partial charge in [0.25, 0.3) is 0 Å². The highest BCUT2D eigenvalue weighted by molar-refractivity contribution is 5.28. The van der Waals surface area contributed by atoms with Crippen molar-refractivity contribution < 1.29 is 4.74 Å². The Balaban J connectivity index is 2.41. The van der Waals surface area contributed by atoms with Gasteiger partial charge in [-0.05, 0) is 37.0 Å². The lowest BCUT2D eigenvalue weighted by molar-refractivity contribution is 0.312. The van der Waals surface area contributed by atoms with Crippen LogP contribution in [0.5, 0.6) is 5.75 Å². The lowest BCUT2D eigenvalue weighted by Crippen LogP contribution is -2.26. The van der Waals surface area contributed by atoms with E-state index in [1.807, 2.05) is 12.1 Å². The van der Waals surface area contributed by atoms with Gasteiger partial charge in [-0.1, -0.05) is 26.0 Å². The fourth-order valence-corrected chi connectivity index (χ4v) is 1.93. The van der Waals surface area contributed by atoms with Gasteiger partial charge in [0.15, 0.2) is 0 Å². The highest BCUT2D eigenvalue weighted by Crippen LogP contribution is 2.14. The molecule has 1 rings (SSSR count). The summed E-state index contributed by atoms with van der Waals surface area (Å²) in [6.45, 7) is 5.89. The highest BCUT2D eigenvalue weighted by atomic mass is 16.5. The van der Waals surface area contributed by atoms with Gasteiger partial charge in [-0.15, -0.1) is 0 Å². The van der Waals surface area contributed by atoms with Crippen LogP contribution in [0.1, 0.15) is 45.1 Å². The summed E-state index contributed by atoms with van der Waals surface area (Å²) < 4.78 is 5.63. The number of nitrogens with zero attached hydrogens (tertiary/aromatic N) is 1. The second-order valence-electron chi connectivity index (χ2n) is 4.65. The molecule has 0 saturated heterocycles. The Hall–Kier alpha value is -1.53. The minimum atomic E-state index is 0.552. The predicted molar refractivity (Wildman–Crippen MR) is 78.0 cm³/mol. The number of unbranched alkanes of at least 4 members (excludes halogenated alkanes) is 1. The molecule has 0 aliphatic carbocycles. The van der Waals surface area contributed by atoms with Gasteiger partial charge in [-0.25, -0.2) is 0 Å². The summed E-state index contributed by atoms with van der Waals surface area (Å²) in [7, 11) is 0. The van der Waals surface area contributed by atoms with E-state index in [0.717, 1.165) is 31.6 Å². The van der Waals surface area contributed by atoms with Crippen LogP contribution in [0.2, 0.25) is 0 Å². The van der Waals surface area contributed by atoms with E-state index in [0.29, 0.717) is 19.1 Å². The molecule has 3 heteroatoms. The van der Waals surface area contributed by atoms with Gasteiger partial charge < -0.3 is 10.1 Å². The van der Waals surface area contributed by atoms with E-state index in [-0.39, 0.29) is 0 Å². The molecule has 0 saturated carbocycles. The number of rotatable bonds is 9. The van der Waals surface area contributed by atoms with Crippen LogP contribution in [-0.2, 0) is 6.54 Å². The summed E-state index contributed by atoms with van der Waals surface area (Å²) in [4.78, 5) is 0. The zero-order chi connectivity index (χ0) is 13.9. The van der Waals surface area contributed by atoms with E-state index < -0.39 is 0 Å². The summed E-state index contributed by atoms with van der Waals surface area (Å²) in [5.41, 5.74) is 1.24. The van der Waals surface area contributed by atoms with Crippen LogP contribution in [0.4, 0.5) is 0 Å². The average Bonchev–Trinajstić information content (AvgIpc) is 2.45. The van der Waals surface area contributed by atoms with Crippen molar-refractivity contribution in [2.24, 2.45) is 0 Å². The first-order valence-electron chi connectivity index (χ1n) is 7.12. The Bertz CT molecular complexity index is 394. The van der Waals surface area contributed by atoms with Crippen LogP contribution in [0.15, 0.2) is 24.3 Å². The third-order valence-corrected chi connectivity index (χ3v) is 3.18. The molecule has 0 atom stereocenters. The molecule has 0 fully saturated rings. The Morgan fingerprint density at radius 2 is 2.11 bits per heavy atom. The molecular weight excluding hydrogens is 236 g/mol. The molecule has 0 aliphatic rings. The lowest BCUT2D eigenvalue weighted by atomic mass is 10.1. The average molecular weight is 260 g/mol. The van der Waals surface area contributed by atoms with Crippen LogP contribution in [0, 0.1) is 11.3 Å². The Kier molecular flexibility index (Phi) is 7.69. The monoisotopic (exact) mass is 260 g/mol. The molecule has 0 aliphatic heterocycles. The number of hydrogen-bond acceptors (Lipinski definition) is 3. The molecule has 0 unspecified atom stereocenters. The second kappa shape index (κ2) is 9.41. The van der Waals surface area contributed by atoms with Gasteiger partial charge in [0.05, 0.1) is 12.7 Å². The molecule has 0 spiro atoms. The summed E-state index contributed by atoms with van der Waals surface area (Å²) >= 11 is 0. The van der Waals surface area contributed by atoms with Gasteiger partial charge in [-0.3, -0.25) is 0 Å². The highest BCUT2D eigenvalue weighted by Gasteiger charge is 2.03. The van der Waals surface area contributed by atoms with Gasteiger partial charge in [-0.2, -0.15) is 5.26 Å². The number of nitrogens with one attached hydrogen (secondary N) is 1. The smallest absolute Gasteiger partial charge is 0.119 e. The summed E-state index contributed by atoms with van der Waals surface area (Å²) in [5, 5.41) is 12.0. The van der Waals surface area contributed by atoms with Crippen LogP contribution < -0.4 is 10.1 Å². The molecule has 0 amide bonds. The Labute approximate surface area is 116 Å². The maximum atomic E-state index is 8.46. The van der Waals surface area contributed by atoms with Gasteiger partial charge in [0, 0.05) is 19.0 Å². The van der Waals surface area contributed by atoms with Crippen molar-refractivity contribution in [2.75, 3.05) is 6.61 Å². The fourth-order valence-electron chi connectivity index (χ4n) is 1.93. The summed E-state index contributed by atoms with van der Waals surface area (Å²) in [6, 6.07) is 10.9. The van der Waals surface area contributed by atoms with Crippen LogP contribution >= 0.6 is 0 Å². The maximum Gasteiger partial charge on any atom is 0.119 e. The first-order chi connectivity index (χ1) is 9.30. The minimum Gasteiger partial charge on any atom is -0.494 e. The lowest BCUT2D eigenvalue weighted by Gasteiger charge is -2.15. The van der Waals surface area contributed by atoms with Crippen molar-refractivity contribution in [1.29, 1.82) is 5.26 Å². The SMILES string of the molecule is CCC(CC)NCc1cccc(OCCCC#N)c1. The normalized spacial score (nSPS) is 10.4. The molecule has 1 aromatic carbocycles. The fraction of sp³-hybridized carbons (Fsp3) is 0.562. The van der Waals surface area contributed by atoms with Crippen LogP contribution in [0.3, 0.4) is 0 Å². The zero-order valence-electron chi connectivity index (χ0n) is 12.0. The van der Waals surface area contributed by atoms with E-state index in [2.05, 4.69) is 37.4 Å². The largest absolute Gasteiger partial charge is 0.494 e. The standard InChI is InChI=1S/C16H24N2O/c1-3-15(4-2)18-13-14-8-7-9-16(12-14)19-11-6-5-10-17/h7-9,12,15,18H,3-6,11,13H2,1-2H3. The van der Waals surface area contributed by atoms with Crippen molar-refractivity contribution in [3.8, 4) is 11.8 Å². The topological polar surface area (TPSA) is 45.0 Å². The number of nitriles is 1. The summed E-state index contributed by atoms with van der Waals surface area (Å²) in [5.74, 6) is 0.891. The van der Waals surface area contributed by atoms with Gasteiger partial charge in [0.2, 0.25) is 0 Å². The van der Waals surface area contributed by atoms with Crippen molar-refractivity contribution in [3.63, 3.8) is 0 Å². The molecule has 19 heavy (non-hydrogen) atoms. The molecule has 3 nitrogen and oxygen atoms in total. The molecule has 1 aromatic rings. The van der Waals surface area contributed by atoms with E-state index in [1.165, 1.54) is 5.56 Å². The number of ether oxygens (including phenoxy) is 1. The molecule has 0 heterocycles. The quantitative estimate of drug-likeness (QED) is 0.689. The molecule has 104 valence electrons. The maximum absolute atomic E-state index is 8.46. The molecule has 0 aromatic heterocycles. The Morgan fingerprint density at radius 1 is 1.32 bits per heavy atom. The summed E-state index contributed by atoms with van der Waals surface area (Å²) in [6.07, 6.45) is 3.64. The van der Waals surface area contributed by atoms with Gasteiger partial charge in [0.1, 0.15) is 5.75 Å². The first-order valence-corrected chi connectivity index (χ1v) is 7.12. The zero-order valence-corrected chi connectivity index (χ0v) is 12.0. The predicted octanol–water partition coefficient (Wildman–Crippen LogP) is 3.65. The second-order valence-corrected chi connectivity index (χ2v) is 4.65. The van der Waals surface area contributed by atoms with Crippen LogP contribution in [-0.4, -0.2) is 12.6 Å². The van der Waals surface area contributed by atoms with Crippen molar-refractivity contribution in [2.45, 2.75) is 52.1 Å². The van der Waals surface area contributed by atoms with E-state index in [4.69, 9.17) is 10.00 Å². The Morgan fingerprint density at radius 3 is 2.79 bits per heavy atom. The third kappa shape index (κ3) is 6.26. The van der Waals surface area contributed by atoms with E-state index in [1.54, 1.807) is 0 Å². The van der Waals surface area contributed by atoms with Crippen molar-refractivity contribution >= 4 is 0 Å². The minimum absolute atomic E-state index is 0.552. The van der Waals surface area contributed by atoms with Crippen molar-refractivity contribution in [3.05, 3.63) is 29.8 Å². The number of hydrogen-bond donors (Lipinski definition) is 1. The van der Waals surface area contributed by atoms with Gasteiger partial charge >= 0.3 is 0 Å². The molecule has 0 radical (unpaired) electrons. The van der Waals surface area contributed by atoms with E-state index in [9.17, 15) is 0 Å².